The van der Waals surface area contributed by atoms with Gasteiger partial charge in [0, 0.05) is 11.8 Å². The van der Waals surface area contributed by atoms with Crippen LogP contribution in [0.25, 0.3) is 0 Å². The van der Waals surface area contributed by atoms with E-state index in [1.165, 1.54) is 6.07 Å². The van der Waals surface area contributed by atoms with Crippen molar-refractivity contribution in [3.8, 4) is 6.07 Å². The van der Waals surface area contributed by atoms with E-state index in [-0.39, 0.29) is 12.1 Å². The van der Waals surface area contributed by atoms with E-state index in [4.69, 9.17) is 16.9 Å². The van der Waals surface area contributed by atoms with Gasteiger partial charge in [0.05, 0.1) is 22.8 Å². The smallest absolute Gasteiger partial charge is 0.146 e. The summed E-state index contributed by atoms with van der Waals surface area (Å²) < 4.78 is 15.3. The van der Waals surface area contributed by atoms with Gasteiger partial charge in [0.15, 0.2) is 0 Å². The lowest BCUT2D eigenvalue weighted by atomic mass is 10.1. The maximum absolute atomic E-state index is 13.8. The molecule has 1 heterocycles. The van der Waals surface area contributed by atoms with Gasteiger partial charge >= 0.3 is 0 Å². The fourth-order valence-corrected chi connectivity index (χ4v) is 1.69. The maximum atomic E-state index is 13.8. The van der Waals surface area contributed by atoms with Gasteiger partial charge in [-0.2, -0.15) is 10.4 Å². The van der Waals surface area contributed by atoms with Crippen LogP contribution in [-0.2, 0) is 6.54 Å². The molecular formula is C12H9ClFN3. The molecule has 17 heavy (non-hydrogen) atoms. The number of halogens is 2. The average Bonchev–Trinajstić information content (AvgIpc) is 2.61. The molecule has 0 saturated heterocycles. The second-order valence-corrected chi connectivity index (χ2v) is 4.06. The molecule has 0 aliphatic carbocycles. The number of hydrogen-bond acceptors (Lipinski definition) is 2. The van der Waals surface area contributed by atoms with Gasteiger partial charge in [0.1, 0.15) is 11.9 Å². The van der Waals surface area contributed by atoms with Crippen LogP contribution >= 0.6 is 11.6 Å². The van der Waals surface area contributed by atoms with Crippen molar-refractivity contribution >= 4 is 11.6 Å². The minimum atomic E-state index is -0.501. The van der Waals surface area contributed by atoms with Crippen LogP contribution in [0.1, 0.15) is 16.8 Å². The van der Waals surface area contributed by atoms with E-state index in [2.05, 4.69) is 5.10 Å². The molecule has 86 valence electrons. The molecule has 0 N–H and O–H groups in total. The Hall–Kier alpha value is -1.86. The molecule has 0 aliphatic heterocycles. The van der Waals surface area contributed by atoms with E-state index in [9.17, 15) is 4.39 Å². The van der Waals surface area contributed by atoms with Gasteiger partial charge in [-0.25, -0.2) is 4.39 Å². The molecule has 2 rings (SSSR count). The van der Waals surface area contributed by atoms with Gasteiger partial charge < -0.3 is 0 Å². The molecule has 0 saturated carbocycles. The van der Waals surface area contributed by atoms with E-state index < -0.39 is 5.82 Å². The normalized spacial score (nSPS) is 10.2. The Morgan fingerprint density at radius 2 is 2.29 bits per heavy atom. The van der Waals surface area contributed by atoms with Gasteiger partial charge in [0.2, 0.25) is 0 Å². The van der Waals surface area contributed by atoms with E-state index in [1.807, 2.05) is 6.07 Å². The molecule has 1 aromatic heterocycles. The Morgan fingerprint density at radius 1 is 1.53 bits per heavy atom. The molecule has 0 amide bonds. The molecule has 0 radical (unpaired) electrons. The minimum Gasteiger partial charge on any atom is -0.266 e. The van der Waals surface area contributed by atoms with Crippen molar-refractivity contribution in [2.45, 2.75) is 13.5 Å². The number of nitrogens with zero attached hydrogens (tertiary/aromatic N) is 3. The highest BCUT2D eigenvalue weighted by atomic mass is 35.5. The summed E-state index contributed by atoms with van der Waals surface area (Å²) >= 11 is 5.86. The summed E-state index contributed by atoms with van der Waals surface area (Å²) in [5.74, 6) is -0.501. The summed E-state index contributed by atoms with van der Waals surface area (Å²) in [7, 11) is 0. The van der Waals surface area contributed by atoms with Crippen LogP contribution in [0.5, 0.6) is 0 Å². The van der Waals surface area contributed by atoms with Crippen LogP contribution in [0, 0.1) is 24.1 Å². The molecule has 0 atom stereocenters. The van der Waals surface area contributed by atoms with Crippen molar-refractivity contribution < 1.29 is 4.39 Å². The Bertz CT molecular complexity index is 579. The average molecular weight is 250 g/mol. The van der Waals surface area contributed by atoms with Crippen molar-refractivity contribution in [2.24, 2.45) is 0 Å². The number of rotatable bonds is 2. The summed E-state index contributed by atoms with van der Waals surface area (Å²) in [6, 6.07) is 6.53. The number of nitriles is 1. The third kappa shape index (κ3) is 2.29. The Labute approximate surface area is 103 Å². The van der Waals surface area contributed by atoms with E-state index in [1.54, 1.807) is 29.9 Å². The minimum absolute atomic E-state index is 0.0393. The van der Waals surface area contributed by atoms with Crippen molar-refractivity contribution in [3.05, 3.63) is 52.1 Å². The summed E-state index contributed by atoms with van der Waals surface area (Å²) in [6.07, 6.45) is 1.63. The number of hydrogen-bond donors (Lipinski definition) is 0. The SMILES string of the molecule is Cc1nn(Cc2cccc(C#N)c2F)cc1Cl. The highest BCUT2D eigenvalue weighted by Gasteiger charge is 2.09. The number of aryl methyl sites for hydroxylation is 1. The standard InChI is InChI=1S/C12H9ClFN3/c1-8-11(13)7-17(16-8)6-10-4-2-3-9(5-15)12(10)14/h2-4,7H,6H2,1H3. The number of aromatic nitrogens is 2. The Kier molecular flexibility index (Phi) is 3.12. The monoisotopic (exact) mass is 249 g/mol. The van der Waals surface area contributed by atoms with Gasteiger partial charge in [0.25, 0.3) is 0 Å². The predicted molar refractivity (Wildman–Crippen MR) is 62.2 cm³/mol. The first-order chi connectivity index (χ1) is 8.11. The fourth-order valence-electron chi connectivity index (χ4n) is 1.54. The van der Waals surface area contributed by atoms with Gasteiger partial charge in [-0.15, -0.1) is 0 Å². The molecule has 3 nitrogen and oxygen atoms in total. The van der Waals surface area contributed by atoms with Crippen LogP contribution in [0.4, 0.5) is 4.39 Å². The summed E-state index contributed by atoms with van der Waals surface area (Å²) in [6.45, 7) is 2.04. The molecule has 1 aromatic carbocycles. The largest absolute Gasteiger partial charge is 0.266 e. The van der Waals surface area contributed by atoms with Crippen LogP contribution in [0.2, 0.25) is 5.02 Å². The topological polar surface area (TPSA) is 41.6 Å². The molecule has 5 heteroatoms. The second kappa shape index (κ2) is 4.56. The highest BCUT2D eigenvalue weighted by Crippen LogP contribution is 2.16. The number of benzene rings is 1. The quantitative estimate of drug-likeness (QED) is 0.821. The zero-order chi connectivity index (χ0) is 12.4. The lowest BCUT2D eigenvalue weighted by Gasteiger charge is -2.04. The first-order valence-corrected chi connectivity index (χ1v) is 5.36. The summed E-state index contributed by atoms with van der Waals surface area (Å²) in [5, 5.41) is 13.4. The van der Waals surface area contributed by atoms with Crippen LogP contribution < -0.4 is 0 Å². The second-order valence-electron chi connectivity index (χ2n) is 3.65. The fraction of sp³-hybridized carbons (Fsp3) is 0.167. The van der Waals surface area contributed by atoms with Crippen LogP contribution in [-0.4, -0.2) is 9.78 Å². The zero-order valence-electron chi connectivity index (χ0n) is 9.11. The predicted octanol–water partition coefficient (Wildman–Crippen LogP) is 2.90. The third-order valence-corrected chi connectivity index (χ3v) is 2.79. The van der Waals surface area contributed by atoms with Crippen molar-refractivity contribution in [2.75, 3.05) is 0 Å². The van der Waals surface area contributed by atoms with E-state index in [0.717, 1.165) is 0 Å². The van der Waals surface area contributed by atoms with Crippen LogP contribution in [0.15, 0.2) is 24.4 Å². The maximum Gasteiger partial charge on any atom is 0.146 e. The first-order valence-electron chi connectivity index (χ1n) is 4.99. The highest BCUT2D eigenvalue weighted by molar-refractivity contribution is 6.31. The lowest BCUT2D eigenvalue weighted by molar-refractivity contribution is 0.581. The van der Waals surface area contributed by atoms with Crippen molar-refractivity contribution in [3.63, 3.8) is 0 Å². The van der Waals surface area contributed by atoms with E-state index in [0.29, 0.717) is 16.3 Å². The van der Waals surface area contributed by atoms with E-state index >= 15 is 0 Å². The first kappa shape index (κ1) is 11.6. The summed E-state index contributed by atoms with van der Waals surface area (Å²) in [5.41, 5.74) is 1.16. The van der Waals surface area contributed by atoms with Crippen molar-refractivity contribution in [1.82, 2.24) is 9.78 Å². The van der Waals surface area contributed by atoms with Crippen LogP contribution in [0.3, 0.4) is 0 Å². The van der Waals surface area contributed by atoms with Gasteiger partial charge in [-0.1, -0.05) is 23.7 Å². The van der Waals surface area contributed by atoms with Gasteiger partial charge in [-0.3, -0.25) is 4.68 Å². The molecule has 0 unspecified atom stereocenters. The molecule has 0 spiro atoms. The third-order valence-electron chi connectivity index (χ3n) is 2.42. The zero-order valence-corrected chi connectivity index (χ0v) is 9.87. The van der Waals surface area contributed by atoms with Gasteiger partial charge in [-0.05, 0) is 13.0 Å². The molecule has 2 aromatic rings. The lowest BCUT2D eigenvalue weighted by Crippen LogP contribution is -2.03. The molecular weight excluding hydrogens is 241 g/mol. The Balaban J connectivity index is 2.34. The molecule has 0 aliphatic rings. The Morgan fingerprint density at radius 3 is 2.88 bits per heavy atom. The summed E-state index contributed by atoms with van der Waals surface area (Å²) in [4.78, 5) is 0. The molecule has 0 bridgehead atoms. The molecule has 0 fully saturated rings. The van der Waals surface area contributed by atoms with Crippen molar-refractivity contribution in [1.29, 1.82) is 5.26 Å².